The number of carbonyl (C=O) groups excluding carboxylic acids is 1. The maximum atomic E-state index is 13.4. The largest absolute Gasteiger partial charge is 0.493 e. The van der Waals surface area contributed by atoms with Crippen LogP contribution in [0, 0.1) is 0 Å². The highest BCUT2D eigenvalue weighted by molar-refractivity contribution is 7.89. The first kappa shape index (κ1) is 31.8. The van der Waals surface area contributed by atoms with E-state index in [-0.39, 0.29) is 18.0 Å². The summed E-state index contributed by atoms with van der Waals surface area (Å²) in [7, 11) is -4.47. The van der Waals surface area contributed by atoms with E-state index in [2.05, 4.69) is 36.1 Å². The number of hydrogen-bond donors (Lipinski definition) is 3. The molecule has 12 heteroatoms. The Balaban J connectivity index is 1.52. The Kier molecular flexibility index (Phi) is 9.56. The highest BCUT2D eigenvalue weighted by atomic mass is 35.5. The van der Waals surface area contributed by atoms with E-state index in [1.54, 1.807) is 30.3 Å². The first-order chi connectivity index (χ1) is 19.6. The molecule has 0 radical (unpaired) electrons. The van der Waals surface area contributed by atoms with Crippen LogP contribution in [0.1, 0.15) is 68.0 Å². The van der Waals surface area contributed by atoms with E-state index in [4.69, 9.17) is 16.3 Å². The van der Waals surface area contributed by atoms with Crippen molar-refractivity contribution in [2.45, 2.75) is 68.9 Å². The summed E-state index contributed by atoms with van der Waals surface area (Å²) >= 11 is 5.67. The Labute approximate surface area is 248 Å². The Morgan fingerprint density at radius 3 is 2.43 bits per heavy atom. The van der Waals surface area contributed by atoms with Gasteiger partial charge in [-0.15, -0.1) is 0 Å². The molecule has 3 aromatic rings. The van der Waals surface area contributed by atoms with Crippen molar-refractivity contribution in [3.63, 3.8) is 0 Å². The second kappa shape index (κ2) is 12.6. The number of rotatable bonds is 9. The lowest BCUT2D eigenvalue weighted by Gasteiger charge is -2.28. The van der Waals surface area contributed by atoms with Gasteiger partial charge in [-0.1, -0.05) is 54.1 Å². The third kappa shape index (κ3) is 8.25. The van der Waals surface area contributed by atoms with Crippen LogP contribution in [0.5, 0.6) is 5.75 Å². The zero-order valence-electron chi connectivity index (χ0n) is 23.4. The number of ether oxygens (including phenoxy) is 1. The van der Waals surface area contributed by atoms with E-state index in [0.29, 0.717) is 37.0 Å². The fourth-order valence-electron chi connectivity index (χ4n) is 4.56. The average molecular weight is 624 g/mol. The van der Waals surface area contributed by atoms with Crippen molar-refractivity contribution in [3.8, 4) is 5.75 Å². The van der Waals surface area contributed by atoms with E-state index in [0.717, 1.165) is 23.3 Å². The highest BCUT2D eigenvalue weighted by Crippen LogP contribution is 2.37. The van der Waals surface area contributed by atoms with Gasteiger partial charge in [0.15, 0.2) is 0 Å². The predicted octanol–water partition coefficient (Wildman–Crippen LogP) is 6.30. The molecule has 0 saturated heterocycles. The summed E-state index contributed by atoms with van der Waals surface area (Å²) in [5, 5.41) is 5.79. The number of carbonyl (C=O) groups is 1. The van der Waals surface area contributed by atoms with Crippen molar-refractivity contribution < 1.29 is 31.1 Å². The van der Waals surface area contributed by atoms with E-state index >= 15 is 0 Å². The first-order valence-electron chi connectivity index (χ1n) is 13.4. The van der Waals surface area contributed by atoms with Crippen LogP contribution >= 0.6 is 11.6 Å². The molecule has 42 heavy (non-hydrogen) atoms. The van der Waals surface area contributed by atoms with Gasteiger partial charge in [-0.3, -0.25) is 4.79 Å². The summed E-state index contributed by atoms with van der Waals surface area (Å²) < 4.78 is 74.9. The number of nitrogens with one attached hydrogen (secondary N) is 3. The molecular formula is C30H33ClF3N3O4S. The lowest BCUT2D eigenvalue weighted by molar-refractivity contribution is -0.137. The first-order valence-corrected chi connectivity index (χ1v) is 15.2. The second-order valence-corrected chi connectivity index (χ2v) is 13.3. The molecular weight excluding hydrogens is 591 g/mol. The lowest BCUT2D eigenvalue weighted by Crippen LogP contribution is -2.37. The molecule has 2 unspecified atom stereocenters. The second-order valence-electron chi connectivity index (χ2n) is 11.2. The van der Waals surface area contributed by atoms with Gasteiger partial charge in [0.25, 0.3) is 0 Å². The minimum absolute atomic E-state index is 0.0573. The molecule has 0 saturated carbocycles. The van der Waals surface area contributed by atoms with Crippen LogP contribution in [-0.4, -0.2) is 26.5 Å². The maximum Gasteiger partial charge on any atom is 0.417 e. The summed E-state index contributed by atoms with van der Waals surface area (Å²) in [6.07, 6.45) is -4.61. The SMILES string of the molecule is CC(C)(C)NCc1ccc2c(c1)OCCC2NC(=O)CC(NS(=O)(=O)c1ccc(Cl)c(C(F)(F)F)c1)c1ccccc1. The topological polar surface area (TPSA) is 96.5 Å². The van der Waals surface area contributed by atoms with Crippen molar-refractivity contribution in [3.05, 3.63) is 94.0 Å². The molecule has 1 heterocycles. The molecule has 226 valence electrons. The van der Waals surface area contributed by atoms with Gasteiger partial charge in [-0.25, -0.2) is 13.1 Å². The number of hydrogen-bond acceptors (Lipinski definition) is 5. The number of benzene rings is 3. The van der Waals surface area contributed by atoms with Crippen LogP contribution in [0.4, 0.5) is 13.2 Å². The summed E-state index contributed by atoms with van der Waals surface area (Å²) in [5.74, 6) is 0.234. The molecule has 2 atom stereocenters. The lowest BCUT2D eigenvalue weighted by atomic mass is 9.97. The van der Waals surface area contributed by atoms with Gasteiger partial charge >= 0.3 is 6.18 Å². The number of halogens is 4. The molecule has 3 aromatic carbocycles. The van der Waals surface area contributed by atoms with Gasteiger partial charge in [0.05, 0.1) is 34.2 Å². The van der Waals surface area contributed by atoms with Crippen molar-refractivity contribution in [1.82, 2.24) is 15.4 Å². The van der Waals surface area contributed by atoms with Crippen LogP contribution < -0.4 is 20.1 Å². The quantitative estimate of drug-likeness (QED) is 0.260. The van der Waals surface area contributed by atoms with Gasteiger partial charge in [0, 0.05) is 30.5 Å². The smallest absolute Gasteiger partial charge is 0.417 e. The Morgan fingerprint density at radius 2 is 1.76 bits per heavy atom. The molecule has 3 N–H and O–H groups in total. The molecule has 0 spiro atoms. The molecule has 0 fully saturated rings. The monoisotopic (exact) mass is 623 g/mol. The van der Waals surface area contributed by atoms with E-state index < -0.39 is 43.6 Å². The van der Waals surface area contributed by atoms with E-state index in [1.807, 2.05) is 18.2 Å². The van der Waals surface area contributed by atoms with Crippen LogP contribution in [0.3, 0.4) is 0 Å². The zero-order chi connectivity index (χ0) is 30.7. The summed E-state index contributed by atoms with van der Waals surface area (Å²) in [6.45, 7) is 7.26. The Bertz CT molecular complexity index is 1530. The third-order valence-electron chi connectivity index (χ3n) is 6.72. The maximum absolute atomic E-state index is 13.4. The minimum Gasteiger partial charge on any atom is -0.493 e. The fraction of sp³-hybridized carbons (Fsp3) is 0.367. The molecule has 0 bridgehead atoms. The predicted molar refractivity (Wildman–Crippen MR) is 155 cm³/mol. The molecule has 0 aliphatic carbocycles. The molecule has 0 aromatic heterocycles. The van der Waals surface area contributed by atoms with Crippen molar-refractivity contribution in [2.24, 2.45) is 0 Å². The number of amides is 1. The highest BCUT2D eigenvalue weighted by Gasteiger charge is 2.35. The molecule has 1 aliphatic heterocycles. The zero-order valence-corrected chi connectivity index (χ0v) is 25.0. The van der Waals surface area contributed by atoms with E-state index in [1.165, 1.54) is 0 Å². The third-order valence-corrected chi connectivity index (χ3v) is 8.52. The van der Waals surface area contributed by atoms with Crippen molar-refractivity contribution >= 4 is 27.5 Å². The Morgan fingerprint density at radius 1 is 1.05 bits per heavy atom. The van der Waals surface area contributed by atoms with Gasteiger partial charge in [-0.2, -0.15) is 13.2 Å². The number of fused-ring (bicyclic) bond motifs is 1. The molecule has 7 nitrogen and oxygen atoms in total. The molecule has 1 aliphatic rings. The van der Waals surface area contributed by atoms with Gasteiger partial charge < -0.3 is 15.4 Å². The standard InChI is InChI=1S/C30H33ClF3N3O4S/c1-29(2,3)35-18-19-9-11-22-25(13-14-41-27(22)15-19)36-28(38)17-26(20-7-5-4-6-8-20)37-42(39,40)21-10-12-24(31)23(16-21)30(32,33)34/h4-12,15-16,25-26,35,37H,13-14,17-18H2,1-3H3,(H,36,38). The molecule has 1 amide bonds. The normalized spacial score (nSPS) is 16.3. The van der Waals surface area contributed by atoms with Crippen LogP contribution in [0.2, 0.25) is 5.02 Å². The van der Waals surface area contributed by atoms with Crippen LogP contribution in [-0.2, 0) is 27.5 Å². The summed E-state index contributed by atoms with van der Waals surface area (Å²) in [5.41, 5.74) is 0.996. The molecule has 4 rings (SSSR count). The summed E-state index contributed by atoms with van der Waals surface area (Å²) in [6, 6.07) is 15.1. The van der Waals surface area contributed by atoms with Crippen molar-refractivity contribution in [2.75, 3.05) is 6.61 Å². The minimum atomic E-state index is -4.84. The van der Waals surface area contributed by atoms with Crippen molar-refractivity contribution in [1.29, 1.82) is 0 Å². The van der Waals surface area contributed by atoms with Gasteiger partial charge in [0.1, 0.15) is 5.75 Å². The van der Waals surface area contributed by atoms with Gasteiger partial charge in [-0.05, 0) is 56.2 Å². The van der Waals surface area contributed by atoms with E-state index in [9.17, 15) is 26.4 Å². The Hall–Kier alpha value is -3.12. The summed E-state index contributed by atoms with van der Waals surface area (Å²) in [4.78, 5) is 12.7. The van der Waals surface area contributed by atoms with Crippen LogP contribution in [0.25, 0.3) is 0 Å². The fourth-order valence-corrected chi connectivity index (χ4v) is 6.03. The number of alkyl halides is 3. The number of sulfonamides is 1. The van der Waals surface area contributed by atoms with Crippen LogP contribution in [0.15, 0.2) is 71.6 Å². The van der Waals surface area contributed by atoms with Gasteiger partial charge in [0.2, 0.25) is 15.9 Å². The average Bonchev–Trinajstić information content (AvgIpc) is 2.91.